The summed E-state index contributed by atoms with van der Waals surface area (Å²) in [5.74, 6) is -0.414. The highest BCUT2D eigenvalue weighted by Crippen LogP contribution is 2.51. The molecule has 246 valence electrons. The molecular weight excluding hydrogens is 605 g/mol. The van der Waals surface area contributed by atoms with Crippen molar-refractivity contribution in [2.75, 3.05) is 6.61 Å². The average Bonchev–Trinajstić information content (AvgIpc) is 2.92. The fourth-order valence-electron chi connectivity index (χ4n) is 6.86. The lowest BCUT2D eigenvalue weighted by Crippen LogP contribution is -2.45. The minimum Gasteiger partial charge on any atom is -0.462 e. The summed E-state index contributed by atoms with van der Waals surface area (Å²) in [7, 11) is -7.74. The lowest BCUT2D eigenvalue weighted by atomic mass is 9.67. The van der Waals surface area contributed by atoms with Gasteiger partial charge < -0.3 is 4.74 Å². The zero-order valence-corrected chi connectivity index (χ0v) is 30.0. The van der Waals surface area contributed by atoms with Crippen LogP contribution in [0.1, 0.15) is 91.7 Å². The maximum atomic E-state index is 14.7. The van der Waals surface area contributed by atoms with Gasteiger partial charge in [-0.1, -0.05) is 72.0 Å². The van der Waals surface area contributed by atoms with Gasteiger partial charge in [0, 0.05) is 6.92 Å². The number of sulfone groups is 2. The molecule has 2 atom stereocenters. The van der Waals surface area contributed by atoms with Gasteiger partial charge in [-0.15, -0.1) is 0 Å². The molecule has 3 rings (SSSR count). The number of aryl methyl sites for hydroxylation is 2. The Hall–Kier alpha value is -2.97. The molecule has 8 heteroatoms. The minimum absolute atomic E-state index is 0.0521. The number of carbonyl (C=O) groups is 1. The molecule has 0 N–H and O–H groups in total. The molecule has 0 saturated heterocycles. The number of hydrogen-bond acceptors (Lipinski definition) is 6. The molecule has 0 saturated carbocycles. The van der Waals surface area contributed by atoms with Crippen molar-refractivity contribution in [2.45, 2.75) is 114 Å². The van der Waals surface area contributed by atoms with Gasteiger partial charge in [-0.2, -0.15) is 0 Å². The first-order valence-electron chi connectivity index (χ1n) is 15.6. The fraction of sp³-hybridized carbons (Fsp3) is 0.486. The predicted molar refractivity (Wildman–Crippen MR) is 183 cm³/mol. The fourth-order valence-corrected chi connectivity index (χ4v) is 10.8. The van der Waals surface area contributed by atoms with E-state index in [0.29, 0.717) is 5.57 Å². The highest BCUT2D eigenvalue weighted by Gasteiger charge is 2.50. The van der Waals surface area contributed by atoms with Crippen molar-refractivity contribution in [2.24, 2.45) is 5.41 Å². The van der Waals surface area contributed by atoms with Crippen molar-refractivity contribution >= 4 is 25.6 Å². The van der Waals surface area contributed by atoms with E-state index in [1.165, 1.54) is 6.92 Å². The number of rotatable bonds is 12. The molecule has 6 nitrogen and oxygen atoms in total. The molecular formula is C37H50O6S2. The number of carbonyl (C=O) groups excluding carboxylic acids is 1. The summed E-state index contributed by atoms with van der Waals surface area (Å²) in [5, 5.41) is -0.949. The van der Waals surface area contributed by atoms with E-state index < -0.39 is 35.6 Å². The Morgan fingerprint density at radius 3 is 1.93 bits per heavy atom. The van der Waals surface area contributed by atoms with Crippen LogP contribution < -0.4 is 0 Å². The van der Waals surface area contributed by atoms with E-state index in [1.807, 2.05) is 53.7 Å². The van der Waals surface area contributed by atoms with E-state index in [2.05, 4.69) is 13.8 Å². The highest BCUT2D eigenvalue weighted by atomic mass is 32.2. The first-order valence-corrected chi connectivity index (χ1v) is 18.6. The van der Waals surface area contributed by atoms with Gasteiger partial charge in [0.15, 0.2) is 19.7 Å². The van der Waals surface area contributed by atoms with Crippen molar-refractivity contribution < 1.29 is 26.4 Å². The van der Waals surface area contributed by atoms with Crippen LogP contribution in [0.3, 0.4) is 0 Å². The van der Waals surface area contributed by atoms with Crippen LogP contribution in [-0.2, 0) is 29.2 Å². The summed E-state index contributed by atoms with van der Waals surface area (Å²) in [5.41, 5.74) is 5.02. The summed E-state index contributed by atoms with van der Waals surface area (Å²) in [6.07, 6.45) is 6.46. The number of esters is 1. The Balaban J connectivity index is 2.18. The smallest absolute Gasteiger partial charge is 0.302 e. The quantitative estimate of drug-likeness (QED) is 0.168. The van der Waals surface area contributed by atoms with E-state index in [0.717, 1.165) is 47.1 Å². The van der Waals surface area contributed by atoms with Gasteiger partial charge in [0.1, 0.15) is 6.61 Å². The van der Waals surface area contributed by atoms with Gasteiger partial charge in [0.25, 0.3) is 0 Å². The second kappa shape index (κ2) is 14.2. The number of benzene rings is 2. The van der Waals surface area contributed by atoms with Crippen LogP contribution in [0.5, 0.6) is 0 Å². The van der Waals surface area contributed by atoms with Gasteiger partial charge in [-0.3, -0.25) is 4.79 Å². The lowest BCUT2D eigenvalue weighted by Gasteiger charge is -2.45. The molecule has 0 aromatic heterocycles. The second-order valence-electron chi connectivity index (χ2n) is 13.6. The summed E-state index contributed by atoms with van der Waals surface area (Å²) >= 11 is 0. The van der Waals surface area contributed by atoms with Crippen molar-refractivity contribution in [3.8, 4) is 0 Å². The summed E-state index contributed by atoms with van der Waals surface area (Å²) < 4.78 is 61.3. The third kappa shape index (κ3) is 8.44. The first kappa shape index (κ1) is 36.5. The molecule has 0 spiro atoms. The van der Waals surface area contributed by atoms with Gasteiger partial charge in [-0.05, 0) is 115 Å². The lowest BCUT2D eigenvalue weighted by molar-refractivity contribution is -0.139. The van der Waals surface area contributed by atoms with E-state index in [4.69, 9.17) is 4.74 Å². The molecule has 0 heterocycles. The van der Waals surface area contributed by atoms with Crippen molar-refractivity contribution in [1.82, 2.24) is 0 Å². The van der Waals surface area contributed by atoms with E-state index in [9.17, 15) is 21.6 Å². The van der Waals surface area contributed by atoms with Gasteiger partial charge in [0.2, 0.25) is 0 Å². The standard InChI is InChI=1S/C37H50O6S2/c1-26-12-16-32(17-13-26)44(39,40)34(23-28(3)20-22-43-31(6)38)24-29(4)25-37(9,35-30(5)11-10-21-36(35,7)8)45(41,42)33-18-14-27(2)15-19-33/h12-20,24,34H,10-11,21-23,25H2,1-9H3/b28-20+,29-24+. The van der Waals surface area contributed by atoms with E-state index >= 15 is 0 Å². The number of allylic oxidation sites excluding steroid dienone is 3. The summed E-state index contributed by atoms with van der Waals surface area (Å²) in [6, 6.07) is 13.8. The second-order valence-corrected chi connectivity index (χ2v) is 18.1. The highest BCUT2D eigenvalue weighted by molar-refractivity contribution is 7.93. The monoisotopic (exact) mass is 654 g/mol. The Morgan fingerprint density at radius 2 is 1.42 bits per heavy atom. The van der Waals surface area contributed by atoms with Gasteiger partial charge >= 0.3 is 5.97 Å². The third-order valence-corrected chi connectivity index (χ3v) is 13.4. The molecule has 0 radical (unpaired) electrons. The van der Waals surface area contributed by atoms with Crippen LogP contribution in [-0.4, -0.2) is 39.4 Å². The first-order chi connectivity index (χ1) is 20.8. The normalized spacial score (nSPS) is 18.3. The molecule has 2 aromatic rings. The van der Waals surface area contributed by atoms with E-state index in [-0.39, 0.29) is 34.7 Å². The molecule has 0 aliphatic heterocycles. The van der Waals surface area contributed by atoms with Crippen molar-refractivity contribution in [3.05, 3.63) is 94.1 Å². The average molecular weight is 655 g/mol. The largest absolute Gasteiger partial charge is 0.462 e. The minimum atomic E-state index is -3.90. The molecule has 2 unspecified atom stereocenters. The predicted octanol–water partition coefficient (Wildman–Crippen LogP) is 8.44. The van der Waals surface area contributed by atoms with Crippen molar-refractivity contribution in [1.29, 1.82) is 0 Å². The molecule has 0 amide bonds. The summed E-state index contributed by atoms with van der Waals surface area (Å²) in [6.45, 7) is 17.0. The van der Waals surface area contributed by atoms with Crippen LogP contribution in [0.4, 0.5) is 0 Å². The Bertz CT molecular complexity index is 1690. The van der Waals surface area contributed by atoms with E-state index in [1.54, 1.807) is 48.6 Å². The van der Waals surface area contributed by atoms with Gasteiger partial charge in [-0.25, -0.2) is 16.8 Å². The summed E-state index contributed by atoms with van der Waals surface area (Å²) in [4.78, 5) is 11.8. The van der Waals surface area contributed by atoms with Crippen molar-refractivity contribution in [3.63, 3.8) is 0 Å². The molecule has 1 aliphatic rings. The SMILES string of the molecule is CC(=O)OC/C=C(\C)CC(/C=C(\C)CC(C)(C1=C(C)CCCC1(C)C)S(=O)(=O)c1ccc(C)cc1)S(=O)(=O)c1ccc(C)cc1. The van der Waals surface area contributed by atoms with Crippen LogP contribution >= 0.6 is 0 Å². The van der Waals surface area contributed by atoms with Crippen LogP contribution in [0.25, 0.3) is 0 Å². The number of hydrogen-bond donors (Lipinski definition) is 0. The Labute approximate surface area is 271 Å². The molecule has 1 aliphatic carbocycles. The van der Waals surface area contributed by atoms with Crippen LogP contribution in [0, 0.1) is 19.3 Å². The molecule has 2 aromatic carbocycles. The zero-order valence-electron chi connectivity index (χ0n) is 28.4. The van der Waals surface area contributed by atoms with Gasteiger partial charge in [0.05, 0.1) is 19.8 Å². The Morgan fingerprint density at radius 1 is 0.889 bits per heavy atom. The molecule has 0 fully saturated rings. The third-order valence-electron chi connectivity index (χ3n) is 8.99. The maximum absolute atomic E-state index is 14.7. The zero-order chi connectivity index (χ0) is 33.8. The van der Waals surface area contributed by atoms with Crippen LogP contribution in [0.15, 0.2) is 92.8 Å². The Kier molecular flexibility index (Phi) is 11.5. The molecule has 0 bridgehead atoms. The molecule has 45 heavy (non-hydrogen) atoms. The van der Waals surface area contributed by atoms with Crippen LogP contribution in [0.2, 0.25) is 0 Å². The maximum Gasteiger partial charge on any atom is 0.302 e. The topological polar surface area (TPSA) is 94.6 Å². The number of ether oxygens (including phenoxy) is 1.